The van der Waals surface area contributed by atoms with E-state index in [1.165, 1.54) is 22.7 Å². The van der Waals surface area contributed by atoms with E-state index in [2.05, 4.69) is 10.3 Å². The van der Waals surface area contributed by atoms with Gasteiger partial charge >= 0.3 is 0 Å². The van der Waals surface area contributed by atoms with Crippen molar-refractivity contribution in [2.45, 2.75) is 26.8 Å². The summed E-state index contributed by atoms with van der Waals surface area (Å²) in [7, 11) is -1.27. The predicted octanol–water partition coefficient (Wildman–Crippen LogP) is 1.89. The maximum absolute atomic E-state index is 13.3. The summed E-state index contributed by atoms with van der Waals surface area (Å²) in [5.41, 5.74) is 0.863. The number of sulfonamides is 1. The lowest BCUT2D eigenvalue weighted by Gasteiger charge is -2.22. The molecule has 25 heavy (non-hydrogen) atoms. The van der Waals surface area contributed by atoms with Crippen LogP contribution in [0, 0.1) is 5.82 Å². The Morgan fingerprint density at radius 3 is 2.60 bits per heavy atom. The highest BCUT2D eigenvalue weighted by atomic mass is 32.2. The lowest BCUT2D eigenvalue weighted by atomic mass is 10.2. The van der Waals surface area contributed by atoms with Crippen LogP contribution in [0.4, 0.5) is 4.39 Å². The number of benzene rings is 1. The molecule has 1 aromatic carbocycles. The number of halogens is 1. The van der Waals surface area contributed by atoms with Gasteiger partial charge in [0.15, 0.2) is 5.96 Å². The fourth-order valence-corrected chi connectivity index (χ4v) is 3.37. The van der Waals surface area contributed by atoms with E-state index in [1.807, 2.05) is 31.9 Å². The van der Waals surface area contributed by atoms with E-state index in [0.717, 1.165) is 12.1 Å². The van der Waals surface area contributed by atoms with Crippen LogP contribution in [-0.2, 0) is 16.6 Å². The minimum Gasteiger partial charge on any atom is -0.357 e. The van der Waals surface area contributed by atoms with Crippen LogP contribution in [0.15, 0.2) is 29.3 Å². The second-order valence-corrected chi connectivity index (χ2v) is 7.81. The molecule has 8 heteroatoms. The van der Waals surface area contributed by atoms with E-state index in [0.29, 0.717) is 38.6 Å². The van der Waals surface area contributed by atoms with Crippen molar-refractivity contribution in [3.63, 3.8) is 0 Å². The van der Waals surface area contributed by atoms with Crippen LogP contribution >= 0.6 is 0 Å². The summed E-state index contributed by atoms with van der Waals surface area (Å²) in [6.45, 7) is 6.48. The Kier molecular flexibility index (Phi) is 8.85. The monoisotopic (exact) mass is 372 g/mol. The molecule has 1 rings (SSSR count). The highest BCUT2D eigenvalue weighted by Crippen LogP contribution is 2.06. The van der Waals surface area contributed by atoms with Crippen molar-refractivity contribution in [2.75, 3.05) is 39.5 Å². The van der Waals surface area contributed by atoms with E-state index in [1.54, 1.807) is 6.07 Å². The maximum Gasteiger partial charge on any atom is 0.211 e. The Bertz CT molecular complexity index is 664. The molecule has 0 unspecified atom stereocenters. The van der Waals surface area contributed by atoms with Gasteiger partial charge in [0.25, 0.3) is 0 Å². The fraction of sp³-hybridized carbons (Fsp3) is 0.588. The first-order valence-corrected chi connectivity index (χ1v) is 10.3. The van der Waals surface area contributed by atoms with Crippen molar-refractivity contribution in [2.24, 2.45) is 4.99 Å². The molecular weight excluding hydrogens is 343 g/mol. The normalized spacial score (nSPS) is 12.5. The molecule has 0 aliphatic carbocycles. The van der Waals surface area contributed by atoms with Crippen molar-refractivity contribution in [3.8, 4) is 0 Å². The quantitative estimate of drug-likeness (QED) is 0.408. The van der Waals surface area contributed by atoms with Crippen LogP contribution < -0.4 is 5.32 Å². The molecule has 1 N–H and O–H groups in total. The predicted molar refractivity (Wildman–Crippen MR) is 101 cm³/mol. The summed E-state index contributed by atoms with van der Waals surface area (Å²) in [6.07, 6.45) is 1.86. The van der Waals surface area contributed by atoms with E-state index >= 15 is 0 Å². The minimum absolute atomic E-state index is 0.256. The Morgan fingerprint density at radius 2 is 2.04 bits per heavy atom. The lowest BCUT2D eigenvalue weighted by molar-refractivity contribution is 0.425. The number of nitrogens with zero attached hydrogens (tertiary/aromatic N) is 3. The third-order valence-electron chi connectivity index (χ3n) is 3.65. The van der Waals surface area contributed by atoms with Gasteiger partial charge in [-0.3, -0.25) is 4.99 Å². The standard InChI is InChI=1S/C17H29FN4O2S/c1-5-19-17(20-11-8-12-22(6-2)25(4,23)24)21(3)14-15-9-7-10-16(18)13-15/h7,9-10,13H,5-6,8,11-12,14H2,1-4H3,(H,19,20). The first kappa shape index (κ1) is 21.4. The molecule has 0 spiro atoms. The second kappa shape index (κ2) is 10.4. The van der Waals surface area contributed by atoms with Crippen LogP contribution in [0.1, 0.15) is 25.8 Å². The van der Waals surface area contributed by atoms with Gasteiger partial charge in [-0.15, -0.1) is 0 Å². The molecule has 1 aromatic rings. The van der Waals surface area contributed by atoms with E-state index in [-0.39, 0.29) is 5.82 Å². The van der Waals surface area contributed by atoms with Gasteiger partial charge in [-0.25, -0.2) is 17.1 Å². The number of hydrogen-bond acceptors (Lipinski definition) is 3. The summed E-state index contributed by atoms with van der Waals surface area (Å²) in [5.74, 6) is 0.461. The van der Waals surface area contributed by atoms with Crippen LogP contribution in [0.3, 0.4) is 0 Å². The molecule has 0 aliphatic heterocycles. The number of guanidine groups is 1. The maximum atomic E-state index is 13.3. The molecule has 0 fully saturated rings. The molecule has 142 valence electrons. The van der Waals surface area contributed by atoms with Crippen molar-refractivity contribution in [1.29, 1.82) is 0 Å². The summed E-state index contributed by atoms with van der Waals surface area (Å²) in [4.78, 5) is 6.46. The molecule has 0 heterocycles. The largest absolute Gasteiger partial charge is 0.357 e. The van der Waals surface area contributed by atoms with Gasteiger partial charge in [-0.1, -0.05) is 19.1 Å². The van der Waals surface area contributed by atoms with Gasteiger partial charge in [0.1, 0.15) is 5.82 Å². The van der Waals surface area contributed by atoms with Crippen LogP contribution in [0.25, 0.3) is 0 Å². The first-order valence-electron chi connectivity index (χ1n) is 8.47. The smallest absolute Gasteiger partial charge is 0.211 e. The Morgan fingerprint density at radius 1 is 1.32 bits per heavy atom. The van der Waals surface area contributed by atoms with Gasteiger partial charge in [0.05, 0.1) is 6.26 Å². The molecule has 6 nitrogen and oxygen atoms in total. The molecule has 0 aromatic heterocycles. The molecule has 0 aliphatic rings. The Hall–Kier alpha value is -1.67. The topological polar surface area (TPSA) is 65.0 Å². The van der Waals surface area contributed by atoms with Crippen molar-refractivity contribution in [3.05, 3.63) is 35.6 Å². The summed E-state index contributed by atoms with van der Waals surface area (Å²) in [6, 6.07) is 6.48. The number of aliphatic imine (C=N–C) groups is 1. The minimum atomic E-state index is -3.16. The van der Waals surface area contributed by atoms with E-state index in [9.17, 15) is 12.8 Å². The zero-order valence-electron chi connectivity index (χ0n) is 15.5. The average molecular weight is 373 g/mol. The number of hydrogen-bond donors (Lipinski definition) is 1. The Balaban J connectivity index is 2.63. The summed E-state index contributed by atoms with van der Waals surface area (Å²) < 4.78 is 37.9. The van der Waals surface area contributed by atoms with Crippen LogP contribution in [0.2, 0.25) is 0 Å². The molecule has 0 bridgehead atoms. The van der Waals surface area contributed by atoms with Gasteiger partial charge in [-0.2, -0.15) is 0 Å². The molecule has 0 radical (unpaired) electrons. The van der Waals surface area contributed by atoms with Crippen molar-refractivity contribution in [1.82, 2.24) is 14.5 Å². The molecule has 0 amide bonds. The molecule has 0 saturated heterocycles. The van der Waals surface area contributed by atoms with E-state index in [4.69, 9.17) is 0 Å². The SMILES string of the molecule is CCNC(=NCCCN(CC)S(C)(=O)=O)N(C)Cc1cccc(F)c1. The second-order valence-electron chi connectivity index (χ2n) is 5.83. The molecule has 0 atom stereocenters. The fourth-order valence-electron chi connectivity index (χ4n) is 2.44. The van der Waals surface area contributed by atoms with Crippen LogP contribution in [0.5, 0.6) is 0 Å². The summed E-state index contributed by atoms with van der Waals surface area (Å²) in [5, 5.41) is 3.20. The molecule has 0 saturated carbocycles. The Labute approximate surface area is 150 Å². The van der Waals surface area contributed by atoms with Gasteiger partial charge in [-0.05, 0) is 31.0 Å². The third-order valence-corrected chi connectivity index (χ3v) is 5.03. The summed E-state index contributed by atoms with van der Waals surface area (Å²) >= 11 is 0. The van der Waals surface area contributed by atoms with E-state index < -0.39 is 10.0 Å². The molecular formula is C17H29FN4O2S. The van der Waals surface area contributed by atoms with Crippen LogP contribution in [-0.4, -0.2) is 63.1 Å². The van der Waals surface area contributed by atoms with Gasteiger partial charge in [0.2, 0.25) is 10.0 Å². The first-order chi connectivity index (χ1) is 11.8. The van der Waals surface area contributed by atoms with Crippen molar-refractivity contribution >= 4 is 16.0 Å². The van der Waals surface area contributed by atoms with Gasteiger partial charge < -0.3 is 10.2 Å². The van der Waals surface area contributed by atoms with Gasteiger partial charge in [0, 0.05) is 39.8 Å². The lowest BCUT2D eigenvalue weighted by Crippen LogP contribution is -2.38. The highest BCUT2D eigenvalue weighted by Gasteiger charge is 2.13. The zero-order valence-corrected chi connectivity index (χ0v) is 16.3. The zero-order chi connectivity index (χ0) is 18.9. The highest BCUT2D eigenvalue weighted by molar-refractivity contribution is 7.88. The van der Waals surface area contributed by atoms with Crippen molar-refractivity contribution < 1.29 is 12.8 Å². The third kappa shape index (κ3) is 7.83. The number of nitrogens with one attached hydrogen (secondary N) is 1. The number of rotatable bonds is 9. The average Bonchev–Trinajstić information content (AvgIpc) is 2.52.